The molecule has 0 aromatic heterocycles. The summed E-state index contributed by atoms with van der Waals surface area (Å²) in [6.07, 6.45) is 0.910. The third-order valence-electron chi connectivity index (χ3n) is 4.91. The van der Waals surface area contributed by atoms with E-state index in [0.29, 0.717) is 24.4 Å². The van der Waals surface area contributed by atoms with Crippen molar-refractivity contribution in [3.8, 4) is 0 Å². The SMILES string of the molecule is CN(C)C(CNC(=O)C1CCC(=O)N1c1ccccc1)c1ccccc1Cl. The summed E-state index contributed by atoms with van der Waals surface area (Å²) in [5, 5.41) is 3.69. The third kappa shape index (κ3) is 4.31. The first-order valence-electron chi connectivity index (χ1n) is 9.04. The van der Waals surface area contributed by atoms with Crippen LogP contribution >= 0.6 is 11.6 Å². The zero-order chi connectivity index (χ0) is 19.4. The maximum absolute atomic E-state index is 12.9. The average Bonchev–Trinajstić information content (AvgIpc) is 3.05. The predicted octanol–water partition coefficient (Wildman–Crippen LogP) is 3.25. The lowest BCUT2D eigenvalue weighted by molar-refractivity contribution is -0.124. The fraction of sp³-hybridized carbons (Fsp3) is 0.333. The van der Waals surface area contributed by atoms with Crippen molar-refractivity contribution >= 4 is 29.1 Å². The molecule has 0 saturated carbocycles. The van der Waals surface area contributed by atoms with Crippen LogP contribution < -0.4 is 10.2 Å². The number of nitrogens with zero attached hydrogens (tertiary/aromatic N) is 2. The molecule has 1 N–H and O–H groups in total. The molecule has 1 heterocycles. The van der Waals surface area contributed by atoms with E-state index in [1.807, 2.05) is 73.6 Å². The molecule has 5 nitrogen and oxygen atoms in total. The van der Waals surface area contributed by atoms with Gasteiger partial charge in [-0.3, -0.25) is 14.5 Å². The number of carbonyl (C=O) groups is 2. The molecule has 2 amide bonds. The number of hydrogen-bond acceptors (Lipinski definition) is 3. The molecule has 2 aromatic rings. The van der Waals surface area contributed by atoms with Crippen molar-refractivity contribution in [2.75, 3.05) is 25.5 Å². The van der Waals surface area contributed by atoms with Gasteiger partial charge in [-0.25, -0.2) is 0 Å². The Bertz CT molecular complexity index is 810. The summed E-state index contributed by atoms with van der Waals surface area (Å²) in [5.74, 6) is -0.153. The van der Waals surface area contributed by atoms with Crippen molar-refractivity contribution < 1.29 is 9.59 Å². The quantitative estimate of drug-likeness (QED) is 0.830. The molecular formula is C21H24ClN3O2. The van der Waals surface area contributed by atoms with Crippen molar-refractivity contribution in [2.24, 2.45) is 0 Å². The van der Waals surface area contributed by atoms with Crippen LogP contribution in [0.25, 0.3) is 0 Å². The number of rotatable bonds is 6. The van der Waals surface area contributed by atoms with Crippen LogP contribution in [0.4, 0.5) is 5.69 Å². The molecule has 2 atom stereocenters. The Hall–Kier alpha value is -2.37. The van der Waals surface area contributed by atoms with Crippen molar-refractivity contribution in [3.63, 3.8) is 0 Å². The van der Waals surface area contributed by atoms with Gasteiger partial charge in [0.1, 0.15) is 6.04 Å². The normalized spacial score (nSPS) is 18.0. The zero-order valence-electron chi connectivity index (χ0n) is 15.6. The van der Waals surface area contributed by atoms with Gasteiger partial charge >= 0.3 is 0 Å². The van der Waals surface area contributed by atoms with Crippen LogP contribution in [0.5, 0.6) is 0 Å². The maximum atomic E-state index is 12.9. The number of likely N-dealkylation sites (N-methyl/N-ethyl adjacent to an activating group) is 1. The van der Waals surface area contributed by atoms with Crippen molar-refractivity contribution in [3.05, 3.63) is 65.2 Å². The van der Waals surface area contributed by atoms with Gasteiger partial charge in [-0.05, 0) is 44.3 Å². The summed E-state index contributed by atoms with van der Waals surface area (Å²) in [6.45, 7) is 0.420. The van der Waals surface area contributed by atoms with E-state index in [1.54, 1.807) is 4.90 Å². The molecule has 0 radical (unpaired) electrons. The van der Waals surface area contributed by atoms with Crippen LogP contribution in [0.1, 0.15) is 24.4 Å². The molecule has 2 aromatic carbocycles. The standard InChI is InChI=1S/C21H24ClN3O2/c1-24(2)19(16-10-6-7-11-17(16)22)14-23-21(27)18-12-13-20(26)25(18)15-8-4-3-5-9-15/h3-11,18-19H,12-14H2,1-2H3,(H,23,27). The van der Waals surface area contributed by atoms with Gasteiger partial charge in [0, 0.05) is 23.7 Å². The minimum Gasteiger partial charge on any atom is -0.352 e. The largest absolute Gasteiger partial charge is 0.352 e. The van der Waals surface area contributed by atoms with Crippen LogP contribution in [-0.4, -0.2) is 43.4 Å². The molecule has 0 aliphatic carbocycles. The molecule has 1 aliphatic heterocycles. The molecular weight excluding hydrogens is 362 g/mol. The molecule has 142 valence electrons. The molecule has 0 bridgehead atoms. The zero-order valence-corrected chi connectivity index (χ0v) is 16.3. The molecule has 27 heavy (non-hydrogen) atoms. The molecule has 6 heteroatoms. The van der Waals surface area contributed by atoms with E-state index in [9.17, 15) is 9.59 Å². The van der Waals surface area contributed by atoms with Gasteiger partial charge in [-0.2, -0.15) is 0 Å². The number of nitrogens with one attached hydrogen (secondary N) is 1. The van der Waals surface area contributed by atoms with Crippen LogP contribution in [0.3, 0.4) is 0 Å². The molecule has 1 saturated heterocycles. The monoisotopic (exact) mass is 385 g/mol. The first-order valence-corrected chi connectivity index (χ1v) is 9.42. The fourth-order valence-electron chi connectivity index (χ4n) is 3.48. The van der Waals surface area contributed by atoms with Gasteiger partial charge in [-0.15, -0.1) is 0 Å². The number of hydrogen-bond donors (Lipinski definition) is 1. The van der Waals surface area contributed by atoms with Gasteiger partial charge in [0.15, 0.2) is 0 Å². The number of amides is 2. The van der Waals surface area contributed by atoms with Gasteiger partial charge in [0.25, 0.3) is 0 Å². The number of para-hydroxylation sites is 1. The highest BCUT2D eigenvalue weighted by molar-refractivity contribution is 6.31. The first-order chi connectivity index (χ1) is 13.0. The summed E-state index contributed by atoms with van der Waals surface area (Å²) < 4.78 is 0. The first kappa shape index (κ1) is 19.4. The Morgan fingerprint density at radius 1 is 1.19 bits per heavy atom. The minimum absolute atomic E-state index is 0.0170. The Labute approximate surface area is 164 Å². The van der Waals surface area contributed by atoms with E-state index in [2.05, 4.69) is 5.32 Å². The summed E-state index contributed by atoms with van der Waals surface area (Å²) in [6, 6.07) is 16.5. The summed E-state index contributed by atoms with van der Waals surface area (Å²) in [7, 11) is 3.91. The Balaban J connectivity index is 1.72. The van der Waals surface area contributed by atoms with E-state index in [4.69, 9.17) is 11.6 Å². The summed E-state index contributed by atoms with van der Waals surface area (Å²) in [4.78, 5) is 28.8. The highest BCUT2D eigenvalue weighted by Gasteiger charge is 2.37. The van der Waals surface area contributed by atoms with Crippen LogP contribution in [0.15, 0.2) is 54.6 Å². The van der Waals surface area contributed by atoms with E-state index >= 15 is 0 Å². The number of halogens is 1. The van der Waals surface area contributed by atoms with Crippen LogP contribution in [0, 0.1) is 0 Å². The molecule has 0 spiro atoms. The van der Waals surface area contributed by atoms with Gasteiger partial charge in [-0.1, -0.05) is 48.0 Å². The maximum Gasteiger partial charge on any atom is 0.243 e. The van der Waals surface area contributed by atoms with Crippen molar-refractivity contribution in [2.45, 2.75) is 24.9 Å². The van der Waals surface area contributed by atoms with Crippen LogP contribution in [0.2, 0.25) is 5.02 Å². The van der Waals surface area contributed by atoms with E-state index < -0.39 is 6.04 Å². The number of benzene rings is 2. The second kappa shape index (κ2) is 8.55. The lowest BCUT2D eigenvalue weighted by Crippen LogP contribution is -2.46. The van der Waals surface area contributed by atoms with Gasteiger partial charge < -0.3 is 10.2 Å². The third-order valence-corrected chi connectivity index (χ3v) is 5.25. The summed E-state index contributed by atoms with van der Waals surface area (Å²) >= 11 is 6.34. The Kier molecular flexibility index (Phi) is 6.14. The highest BCUT2D eigenvalue weighted by atomic mass is 35.5. The minimum atomic E-state index is -0.478. The number of anilines is 1. The Morgan fingerprint density at radius 3 is 2.52 bits per heavy atom. The second-order valence-electron chi connectivity index (χ2n) is 6.90. The topological polar surface area (TPSA) is 52.7 Å². The van der Waals surface area contributed by atoms with Crippen LogP contribution in [-0.2, 0) is 9.59 Å². The molecule has 1 aliphatic rings. The average molecular weight is 386 g/mol. The van der Waals surface area contributed by atoms with Gasteiger partial charge in [0.05, 0.1) is 6.04 Å². The predicted molar refractivity (Wildman–Crippen MR) is 108 cm³/mol. The van der Waals surface area contributed by atoms with E-state index in [-0.39, 0.29) is 17.9 Å². The second-order valence-corrected chi connectivity index (χ2v) is 7.31. The van der Waals surface area contributed by atoms with Gasteiger partial charge in [0.2, 0.25) is 11.8 Å². The lowest BCUT2D eigenvalue weighted by Gasteiger charge is -2.28. The fourth-order valence-corrected chi connectivity index (χ4v) is 3.74. The molecule has 2 unspecified atom stereocenters. The van der Waals surface area contributed by atoms with Crippen molar-refractivity contribution in [1.82, 2.24) is 10.2 Å². The van der Waals surface area contributed by atoms with E-state index in [1.165, 1.54) is 0 Å². The smallest absolute Gasteiger partial charge is 0.243 e. The molecule has 3 rings (SSSR count). The Morgan fingerprint density at radius 2 is 1.85 bits per heavy atom. The summed E-state index contributed by atoms with van der Waals surface area (Å²) in [5.41, 5.74) is 1.72. The molecule has 1 fully saturated rings. The van der Waals surface area contributed by atoms with Crippen molar-refractivity contribution in [1.29, 1.82) is 0 Å². The highest BCUT2D eigenvalue weighted by Crippen LogP contribution is 2.28. The number of carbonyl (C=O) groups excluding carboxylic acids is 2. The lowest BCUT2D eigenvalue weighted by atomic mass is 10.1. The van der Waals surface area contributed by atoms with E-state index in [0.717, 1.165) is 11.3 Å².